The summed E-state index contributed by atoms with van der Waals surface area (Å²) in [5.74, 6) is 1.91. The quantitative estimate of drug-likeness (QED) is 0.927. The summed E-state index contributed by atoms with van der Waals surface area (Å²) in [5, 5.41) is 2.96. The molecule has 1 aliphatic heterocycles. The first-order chi connectivity index (χ1) is 10.0. The summed E-state index contributed by atoms with van der Waals surface area (Å²) < 4.78 is 10.7. The Balaban J connectivity index is 2.11. The molecular weight excluding hydrogens is 268 g/mol. The van der Waals surface area contributed by atoms with Crippen LogP contribution < -0.4 is 14.8 Å². The van der Waals surface area contributed by atoms with Gasteiger partial charge in [-0.2, -0.15) is 0 Å². The number of amides is 2. The first-order valence-electron chi connectivity index (χ1n) is 7.31. The predicted molar refractivity (Wildman–Crippen MR) is 81.9 cm³/mol. The van der Waals surface area contributed by atoms with E-state index in [2.05, 4.69) is 19.2 Å². The molecule has 1 N–H and O–H groups in total. The van der Waals surface area contributed by atoms with Crippen molar-refractivity contribution >= 4 is 6.03 Å². The zero-order valence-corrected chi connectivity index (χ0v) is 13.2. The molecule has 0 aliphatic carbocycles. The van der Waals surface area contributed by atoms with Crippen LogP contribution in [-0.4, -0.2) is 38.2 Å². The average Bonchev–Trinajstić information content (AvgIpc) is 2.50. The SMILES string of the molecule is COc1cc2c(cc1OC)CN(C(=O)NCC(C)C)CC2. The fraction of sp³-hybridized carbons (Fsp3) is 0.562. The van der Waals surface area contributed by atoms with Crippen molar-refractivity contribution in [2.24, 2.45) is 5.92 Å². The Hall–Kier alpha value is -1.91. The molecule has 116 valence electrons. The van der Waals surface area contributed by atoms with E-state index < -0.39 is 0 Å². The van der Waals surface area contributed by atoms with Crippen LogP contribution in [0.3, 0.4) is 0 Å². The molecule has 1 aromatic rings. The second kappa shape index (κ2) is 6.70. The van der Waals surface area contributed by atoms with Gasteiger partial charge in [0, 0.05) is 19.6 Å². The van der Waals surface area contributed by atoms with Crippen LogP contribution in [0.1, 0.15) is 25.0 Å². The molecule has 0 unspecified atom stereocenters. The summed E-state index contributed by atoms with van der Waals surface area (Å²) in [6.07, 6.45) is 0.838. The Morgan fingerprint density at radius 2 is 1.86 bits per heavy atom. The van der Waals surface area contributed by atoms with Crippen molar-refractivity contribution in [1.29, 1.82) is 0 Å². The van der Waals surface area contributed by atoms with Gasteiger partial charge in [-0.3, -0.25) is 0 Å². The fourth-order valence-corrected chi connectivity index (χ4v) is 2.46. The van der Waals surface area contributed by atoms with Gasteiger partial charge in [-0.05, 0) is 35.6 Å². The highest BCUT2D eigenvalue weighted by atomic mass is 16.5. The minimum Gasteiger partial charge on any atom is -0.493 e. The maximum atomic E-state index is 12.1. The van der Waals surface area contributed by atoms with Crippen molar-refractivity contribution in [2.45, 2.75) is 26.8 Å². The van der Waals surface area contributed by atoms with Crippen molar-refractivity contribution < 1.29 is 14.3 Å². The van der Waals surface area contributed by atoms with Crippen LogP contribution in [0.15, 0.2) is 12.1 Å². The van der Waals surface area contributed by atoms with E-state index in [-0.39, 0.29) is 6.03 Å². The third-order valence-corrected chi connectivity index (χ3v) is 3.67. The largest absolute Gasteiger partial charge is 0.493 e. The third kappa shape index (κ3) is 3.60. The molecule has 0 spiro atoms. The second-order valence-corrected chi connectivity index (χ2v) is 5.73. The lowest BCUT2D eigenvalue weighted by molar-refractivity contribution is 0.191. The molecule has 1 aliphatic rings. The fourth-order valence-electron chi connectivity index (χ4n) is 2.46. The third-order valence-electron chi connectivity index (χ3n) is 3.67. The summed E-state index contributed by atoms with van der Waals surface area (Å²) >= 11 is 0. The number of carbonyl (C=O) groups excluding carboxylic acids is 1. The maximum absolute atomic E-state index is 12.1. The molecule has 0 atom stereocenters. The van der Waals surface area contributed by atoms with Gasteiger partial charge in [0.05, 0.1) is 14.2 Å². The van der Waals surface area contributed by atoms with E-state index in [4.69, 9.17) is 9.47 Å². The van der Waals surface area contributed by atoms with E-state index in [0.29, 0.717) is 24.8 Å². The van der Waals surface area contributed by atoms with Crippen LogP contribution in [0.5, 0.6) is 11.5 Å². The number of hydrogen-bond acceptors (Lipinski definition) is 3. The molecule has 2 amide bonds. The van der Waals surface area contributed by atoms with E-state index >= 15 is 0 Å². The van der Waals surface area contributed by atoms with Crippen LogP contribution in [-0.2, 0) is 13.0 Å². The van der Waals surface area contributed by atoms with Gasteiger partial charge in [-0.1, -0.05) is 13.8 Å². The van der Waals surface area contributed by atoms with Gasteiger partial charge < -0.3 is 19.7 Å². The Morgan fingerprint density at radius 3 is 2.43 bits per heavy atom. The summed E-state index contributed by atoms with van der Waals surface area (Å²) in [6, 6.07) is 3.98. The molecule has 0 aromatic heterocycles. The van der Waals surface area contributed by atoms with E-state index in [0.717, 1.165) is 24.3 Å². The second-order valence-electron chi connectivity index (χ2n) is 5.73. The summed E-state index contributed by atoms with van der Waals surface area (Å²) in [7, 11) is 3.26. The summed E-state index contributed by atoms with van der Waals surface area (Å²) in [4.78, 5) is 14.0. The predicted octanol–water partition coefficient (Wildman–Crippen LogP) is 2.43. The zero-order valence-electron chi connectivity index (χ0n) is 13.2. The molecule has 21 heavy (non-hydrogen) atoms. The highest BCUT2D eigenvalue weighted by molar-refractivity contribution is 5.74. The van der Waals surface area contributed by atoms with Gasteiger partial charge in [-0.25, -0.2) is 4.79 Å². The van der Waals surface area contributed by atoms with Gasteiger partial charge in [0.1, 0.15) is 0 Å². The van der Waals surface area contributed by atoms with E-state index in [1.807, 2.05) is 17.0 Å². The van der Waals surface area contributed by atoms with E-state index in [1.54, 1.807) is 14.2 Å². The van der Waals surface area contributed by atoms with Crippen LogP contribution in [0.2, 0.25) is 0 Å². The van der Waals surface area contributed by atoms with Crippen molar-refractivity contribution in [2.75, 3.05) is 27.3 Å². The molecule has 2 rings (SSSR count). The molecule has 0 bridgehead atoms. The summed E-state index contributed by atoms with van der Waals surface area (Å²) in [6.45, 7) is 6.21. The van der Waals surface area contributed by atoms with Crippen LogP contribution >= 0.6 is 0 Å². The number of ether oxygens (including phenoxy) is 2. The van der Waals surface area contributed by atoms with Gasteiger partial charge in [-0.15, -0.1) is 0 Å². The molecular formula is C16H24N2O3. The average molecular weight is 292 g/mol. The number of methoxy groups -OCH3 is 2. The lowest BCUT2D eigenvalue weighted by Gasteiger charge is -2.30. The number of nitrogens with one attached hydrogen (secondary N) is 1. The number of benzene rings is 1. The van der Waals surface area contributed by atoms with Crippen molar-refractivity contribution in [3.63, 3.8) is 0 Å². The molecule has 1 aromatic carbocycles. The number of fused-ring (bicyclic) bond motifs is 1. The molecule has 1 heterocycles. The Morgan fingerprint density at radius 1 is 1.24 bits per heavy atom. The zero-order chi connectivity index (χ0) is 15.4. The molecule has 5 nitrogen and oxygen atoms in total. The minimum atomic E-state index is 0.00383. The van der Waals surface area contributed by atoms with Crippen LogP contribution in [0.25, 0.3) is 0 Å². The molecule has 0 radical (unpaired) electrons. The van der Waals surface area contributed by atoms with Crippen molar-refractivity contribution in [1.82, 2.24) is 10.2 Å². The Bertz CT molecular complexity index is 514. The topological polar surface area (TPSA) is 50.8 Å². The Kier molecular flexibility index (Phi) is 4.94. The highest BCUT2D eigenvalue weighted by Crippen LogP contribution is 2.33. The van der Waals surface area contributed by atoms with Crippen molar-refractivity contribution in [3.8, 4) is 11.5 Å². The monoisotopic (exact) mass is 292 g/mol. The number of nitrogens with zero attached hydrogens (tertiary/aromatic N) is 1. The van der Waals surface area contributed by atoms with Crippen LogP contribution in [0, 0.1) is 5.92 Å². The summed E-state index contributed by atoms with van der Waals surface area (Å²) in [5.41, 5.74) is 2.35. The van der Waals surface area contributed by atoms with Gasteiger partial charge in [0.25, 0.3) is 0 Å². The minimum absolute atomic E-state index is 0.00383. The lowest BCUT2D eigenvalue weighted by Crippen LogP contribution is -2.43. The van der Waals surface area contributed by atoms with Gasteiger partial charge in [0.15, 0.2) is 11.5 Å². The standard InChI is InChI=1S/C16H24N2O3/c1-11(2)9-17-16(19)18-6-5-12-7-14(20-3)15(21-4)8-13(12)10-18/h7-8,11H,5-6,9-10H2,1-4H3,(H,17,19). The molecule has 0 saturated carbocycles. The number of hydrogen-bond donors (Lipinski definition) is 1. The first-order valence-corrected chi connectivity index (χ1v) is 7.31. The van der Waals surface area contributed by atoms with Gasteiger partial charge >= 0.3 is 6.03 Å². The normalized spacial score (nSPS) is 13.9. The van der Waals surface area contributed by atoms with E-state index in [9.17, 15) is 4.79 Å². The van der Waals surface area contributed by atoms with Crippen LogP contribution in [0.4, 0.5) is 4.79 Å². The lowest BCUT2D eigenvalue weighted by atomic mass is 9.99. The number of rotatable bonds is 4. The highest BCUT2D eigenvalue weighted by Gasteiger charge is 2.22. The number of carbonyl (C=O) groups is 1. The maximum Gasteiger partial charge on any atom is 0.317 e. The van der Waals surface area contributed by atoms with Gasteiger partial charge in [0.2, 0.25) is 0 Å². The molecule has 0 fully saturated rings. The Labute approximate surface area is 126 Å². The molecule has 0 saturated heterocycles. The van der Waals surface area contributed by atoms with E-state index in [1.165, 1.54) is 5.56 Å². The molecule has 5 heteroatoms. The smallest absolute Gasteiger partial charge is 0.317 e. The van der Waals surface area contributed by atoms with Crippen molar-refractivity contribution in [3.05, 3.63) is 23.3 Å². The first kappa shape index (κ1) is 15.5. The number of urea groups is 1.